The second-order valence-electron chi connectivity index (χ2n) is 3.81. The standard InChI is InChI=1S/C14H14N2O3/c1-11(18-12-7-3-2-4-8-12)14(17)16-19-13-9-5-6-10-15-13/h2-11H,1H3,(H,16,17). The molecule has 0 saturated carbocycles. The van der Waals surface area contributed by atoms with Gasteiger partial charge in [-0.1, -0.05) is 24.3 Å². The van der Waals surface area contributed by atoms with E-state index >= 15 is 0 Å². The van der Waals surface area contributed by atoms with E-state index in [0.29, 0.717) is 11.6 Å². The third-order valence-corrected chi connectivity index (χ3v) is 2.32. The maximum Gasteiger partial charge on any atom is 0.293 e. The zero-order valence-electron chi connectivity index (χ0n) is 10.4. The second-order valence-corrected chi connectivity index (χ2v) is 3.81. The highest BCUT2D eigenvalue weighted by Gasteiger charge is 2.15. The van der Waals surface area contributed by atoms with Crippen molar-refractivity contribution in [3.8, 4) is 11.6 Å². The van der Waals surface area contributed by atoms with Gasteiger partial charge >= 0.3 is 0 Å². The first-order valence-electron chi connectivity index (χ1n) is 5.85. The highest BCUT2D eigenvalue weighted by Crippen LogP contribution is 2.10. The summed E-state index contributed by atoms with van der Waals surface area (Å²) in [4.78, 5) is 20.7. The zero-order valence-corrected chi connectivity index (χ0v) is 10.4. The first kappa shape index (κ1) is 12.9. The van der Waals surface area contributed by atoms with E-state index in [4.69, 9.17) is 9.57 Å². The van der Waals surface area contributed by atoms with E-state index in [1.165, 1.54) is 0 Å². The fourth-order valence-electron chi connectivity index (χ4n) is 1.35. The number of para-hydroxylation sites is 1. The predicted molar refractivity (Wildman–Crippen MR) is 69.5 cm³/mol. The Labute approximate surface area is 111 Å². The molecule has 0 aliphatic carbocycles. The van der Waals surface area contributed by atoms with Crippen LogP contribution in [0.4, 0.5) is 0 Å². The molecule has 5 nitrogen and oxygen atoms in total. The van der Waals surface area contributed by atoms with Gasteiger partial charge < -0.3 is 9.57 Å². The topological polar surface area (TPSA) is 60.5 Å². The fourth-order valence-corrected chi connectivity index (χ4v) is 1.35. The number of hydrogen-bond acceptors (Lipinski definition) is 4. The van der Waals surface area contributed by atoms with Gasteiger partial charge in [-0.3, -0.25) is 4.79 Å². The number of carbonyl (C=O) groups excluding carboxylic acids is 1. The van der Waals surface area contributed by atoms with E-state index in [-0.39, 0.29) is 5.91 Å². The van der Waals surface area contributed by atoms with E-state index in [2.05, 4.69) is 10.5 Å². The molecule has 1 heterocycles. The van der Waals surface area contributed by atoms with Crippen LogP contribution in [0.1, 0.15) is 6.92 Å². The van der Waals surface area contributed by atoms with Crippen molar-refractivity contribution in [2.75, 3.05) is 0 Å². The molecule has 1 N–H and O–H groups in total. The molecule has 19 heavy (non-hydrogen) atoms. The summed E-state index contributed by atoms with van der Waals surface area (Å²) in [5.41, 5.74) is 2.29. The zero-order chi connectivity index (χ0) is 13.5. The number of nitrogens with one attached hydrogen (secondary N) is 1. The molecule has 98 valence electrons. The van der Waals surface area contributed by atoms with Crippen LogP contribution in [0.3, 0.4) is 0 Å². The second kappa shape index (κ2) is 6.39. The summed E-state index contributed by atoms with van der Waals surface area (Å²) in [5.74, 6) is 0.570. The molecule has 5 heteroatoms. The molecule has 0 aliphatic heterocycles. The van der Waals surface area contributed by atoms with Crippen LogP contribution in [-0.2, 0) is 4.79 Å². The van der Waals surface area contributed by atoms with Crippen molar-refractivity contribution in [3.63, 3.8) is 0 Å². The lowest BCUT2D eigenvalue weighted by molar-refractivity contribution is -0.134. The van der Waals surface area contributed by atoms with E-state index in [0.717, 1.165) is 0 Å². The van der Waals surface area contributed by atoms with Crippen LogP contribution in [-0.4, -0.2) is 17.0 Å². The molecule has 0 aliphatic rings. The van der Waals surface area contributed by atoms with Crippen LogP contribution in [0.25, 0.3) is 0 Å². The molecular weight excluding hydrogens is 244 g/mol. The van der Waals surface area contributed by atoms with Gasteiger partial charge in [0.05, 0.1) is 0 Å². The number of benzene rings is 1. The molecule has 1 aromatic heterocycles. The Morgan fingerprint density at radius 2 is 1.89 bits per heavy atom. The molecule has 1 atom stereocenters. The van der Waals surface area contributed by atoms with Crippen molar-refractivity contribution in [1.82, 2.24) is 10.5 Å². The third kappa shape index (κ3) is 3.99. The normalized spacial score (nSPS) is 11.4. The maximum absolute atomic E-state index is 11.7. The van der Waals surface area contributed by atoms with Gasteiger partial charge in [0, 0.05) is 12.3 Å². The summed E-state index contributed by atoms with van der Waals surface area (Å²) >= 11 is 0. The molecule has 1 unspecified atom stereocenters. The molecule has 2 rings (SSSR count). The van der Waals surface area contributed by atoms with Crippen molar-refractivity contribution in [2.45, 2.75) is 13.0 Å². The summed E-state index contributed by atoms with van der Waals surface area (Å²) in [6.45, 7) is 1.64. The Bertz CT molecular complexity index is 517. The van der Waals surface area contributed by atoms with Gasteiger partial charge in [0.1, 0.15) is 5.75 Å². The lowest BCUT2D eigenvalue weighted by atomic mass is 10.3. The van der Waals surface area contributed by atoms with Crippen LogP contribution in [0.5, 0.6) is 11.6 Å². The first-order valence-corrected chi connectivity index (χ1v) is 5.85. The molecule has 0 spiro atoms. The van der Waals surface area contributed by atoms with Crippen molar-refractivity contribution < 1.29 is 14.4 Å². The monoisotopic (exact) mass is 258 g/mol. The molecule has 2 aromatic rings. The summed E-state index contributed by atoms with van der Waals surface area (Å²) in [6, 6.07) is 14.3. The number of nitrogens with zero attached hydrogens (tertiary/aromatic N) is 1. The fraction of sp³-hybridized carbons (Fsp3) is 0.143. The molecule has 1 aromatic carbocycles. The number of ether oxygens (including phenoxy) is 1. The average Bonchev–Trinajstić information content (AvgIpc) is 2.47. The quantitative estimate of drug-likeness (QED) is 0.833. The van der Waals surface area contributed by atoms with Crippen LogP contribution in [0.2, 0.25) is 0 Å². The number of carbonyl (C=O) groups is 1. The Hall–Kier alpha value is -2.56. The highest BCUT2D eigenvalue weighted by atomic mass is 16.7. The largest absolute Gasteiger partial charge is 0.481 e. The number of aromatic nitrogens is 1. The molecule has 1 amide bonds. The Kier molecular flexibility index (Phi) is 4.34. The number of pyridine rings is 1. The third-order valence-electron chi connectivity index (χ3n) is 2.32. The van der Waals surface area contributed by atoms with E-state index in [1.807, 2.05) is 18.2 Å². The SMILES string of the molecule is CC(Oc1ccccc1)C(=O)NOc1ccccn1. The van der Waals surface area contributed by atoms with E-state index in [9.17, 15) is 4.79 Å². The summed E-state index contributed by atoms with van der Waals surface area (Å²) in [6.07, 6.45) is 0.914. The Morgan fingerprint density at radius 3 is 2.58 bits per heavy atom. The smallest absolute Gasteiger partial charge is 0.293 e. The molecule has 0 fully saturated rings. The Morgan fingerprint density at radius 1 is 1.16 bits per heavy atom. The number of amides is 1. The lowest BCUT2D eigenvalue weighted by Gasteiger charge is -2.14. The van der Waals surface area contributed by atoms with Crippen LogP contribution >= 0.6 is 0 Å². The summed E-state index contributed by atoms with van der Waals surface area (Å²) in [5, 5.41) is 0. The predicted octanol–water partition coefficient (Wildman–Crippen LogP) is 1.96. The van der Waals surface area contributed by atoms with Gasteiger partial charge in [0.15, 0.2) is 6.10 Å². The van der Waals surface area contributed by atoms with Gasteiger partial charge in [0.2, 0.25) is 5.88 Å². The van der Waals surface area contributed by atoms with Crippen molar-refractivity contribution >= 4 is 5.91 Å². The van der Waals surface area contributed by atoms with Crippen LogP contribution in [0, 0.1) is 0 Å². The lowest BCUT2D eigenvalue weighted by Crippen LogP contribution is -2.38. The average molecular weight is 258 g/mol. The molecule has 0 saturated heterocycles. The van der Waals surface area contributed by atoms with E-state index in [1.54, 1.807) is 43.5 Å². The van der Waals surface area contributed by atoms with Gasteiger partial charge in [-0.15, -0.1) is 0 Å². The van der Waals surface area contributed by atoms with Gasteiger partial charge in [-0.2, -0.15) is 5.48 Å². The maximum atomic E-state index is 11.7. The molecule has 0 radical (unpaired) electrons. The summed E-state index contributed by atoms with van der Waals surface area (Å²) in [7, 11) is 0. The number of hydrogen-bond donors (Lipinski definition) is 1. The minimum absolute atomic E-state index is 0.322. The minimum atomic E-state index is -0.661. The van der Waals surface area contributed by atoms with Gasteiger partial charge in [-0.05, 0) is 25.1 Å². The van der Waals surface area contributed by atoms with Crippen LogP contribution < -0.4 is 15.1 Å². The first-order chi connectivity index (χ1) is 9.25. The van der Waals surface area contributed by atoms with E-state index < -0.39 is 6.10 Å². The summed E-state index contributed by atoms with van der Waals surface area (Å²) < 4.78 is 5.45. The number of hydroxylamine groups is 1. The van der Waals surface area contributed by atoms with Crippen molar-refractivity contribution in [2.24, 2.45) is 0 Å². The highest BCUT2D eigenvalue weighted by molar-refractivity contribution is 5.79. The minimum Gasteiger partial charge on any atom is -0.481 e. The van der Waals surface area contributed by atoms with Gasteiger partial charge in [0.25, 0.3) is 5.91 Å². The molecule has 0 bridgehead atoms. The van der Waals surface area contributed by atoms with Crippen molar-refractivity contribution in [3.05, 3.63) is 54.7 Å². The molecular formula is C14H14N2O3. The number of rotatable bonds is 5. The van der Waals surface area contributed by atoms with Gasteiger partial charge in [-0.25, -0.2) is 4.98 Å². The van der Waals surface area contributed by atoms with Crippen molar-refractivity contribution in [1.29, 1.82) is 0 Å². The Balaban J connectivity index is 1.83. The van der Waals surface area contributed by atoms with Crippen LogP contribution in [0.15, 0.2) is 54.7 Å².